The highest BCUT2D eigenvalue weighted by atomic mass is 16.5. The van der Waals surface area contributed by atoms with Crippen LogP contribution in [0, 0.1) is 0 Å². The number of esters is 3. The van der Waals surface area contributed by atoms with Crippen molar-refractivity contribution >= 4 is 17.9 Å². The van der Waals surface area contributed by atoms with E-state index < -0.39 is 23.4 Å². The van der Waals surface area contributed by atoms with Crippen LogP contribution in [0.1, 0.15) is 54.9 Å². The number of carbonyl (C=O) groups excluding carboxylic acids is 3. The minimum atomic E-state index is -1.85. The highest BCUT2D eigenvalue weighted by molar-refractivity contribution is 5.74. The van der Waals surface area contributed by atoms with Gasteiger partial charge in [0, 0.05) is 0 Å². The van der Waals surface area contributed by atoms with Crippen molar-refractivity contribution in [3.05, 3.63) is 34.2 Å². The molecule has 3 heterocycles. The Kier molecular flexibility index (Phi) is 8.19. The average molecular weight is 490 g/mol. The Labute approximate surface area is 198 Å². The molecule has 0 spiro atoms. The molecule has 0 amide bonds. The third kappa shape index (κ3) is 5.48. The Morgan fingerprint density at radius 1 is 0.629 bits per heavy atom. The third-order valence-corrected chi connectivity index (χ3v) is 4.83. The first kappa shape index (κ1) is 25.4. The van der Waals surface area contributed by atoms with Crippen molar-refractivity contribution in [1.29, 1.82) is 0 Å². The van der Waals surface area contributed by atoms with Gasteiger partial charge in [0.1, 0.15) is 17.1 Å². The van der Waals surface area contributed by atoms with E-state index in [1.807, 2.05) is 0 Å². The second-order valence-electron chi connectivity index (χ2n) is 7.11. The lowest BCUT2D eigenvalue weighted by atomic mass is 9.83. The Bertz CT molecular complexity index is 1030. The Hall–Kier alpha value is -4.21. The van der Waals surface area contributed by atoms with Gasteiger partial charge in [0.2, 0.25) is 0 Å². The molecule has 0 atom stereocenters. The van der Waals surface area contributed by atoms with Gasteiger partial charge in [-0.1, -0.05) is 0 Å². The van der Waals surface area contributed by atoms with E-state index in [1.165, 1.54) is 0 Å². The lowest BCUT2D eigenvalue weighted by Gasteiger charge is -2.25. The van der Waals surface area contributed by atoms with E-state index in [9.17, 15) is 14.4 Å². The molecule has 35 heavy (non-hydrogen) atoms. The van der Waals surface area contributed by atoms with E-state index in [0.29, 0.717) is 0 Å². The van der Waals surface area contributed by atoms with E-state index >= 15 is 0 Å². The number of rotatable bonds is 12. The Morgan fingerprint density at radius 2 is 0.914 bits per heavy atom. The molecular weight excluding hydrogens is 464 g/mol. The topological polar surface area (TPSA) is 230 Å². The fraction of sp³-hybridized carbons (Fsp3) is 0.526. The molecule has 0 saturated carbocycles. The van der Waals surface area contributed by atoms with Gasteiger partial charge in [-0.05, 0) is 20.8 Å². The van der Waals surface area contributed by atoms with Gasteiger partial charge in [-0.3, -0.25) is 14.4 Å². The zero-order valence-electron chi connectivity index (χ0n) is 19.5. The van der Waals surface area contributed by atoms with Crippen molar-refractivity contribution in [1.82, 2.24) is 46.2 Å². The molecule has 0 unspecified atom stereocenters. The highest BCUT2D eigenvalue weighted by Gasteiger charge is 2.46. The summed E-state index contributed by atoms with van der Waals surface area (Å²) in [6.07, 6.45) is -0.807. The minimum Gasteiger partial charge on any atom is -0.466 e. The SMILES string of the molecule is CCOC(=O)Cc1n[nH]nc1C(N)(c1n[nH]nc1CC(=O)OCC)c1n[nH]nc1CC(=O)OCC. The summed E-state index contributed by atoms with van der Waals surface area (Å²) >= 11 is 0. The molecule has 0 aliphatic heterocycles. The molecule has 0 bridgehead atoms. The zero-order chi connectivity index (χ0) is 25.4. The van der Waals surface area contributed by atoms with Crippen LogP contribution in [0.15, 0.2) is 0 Å². The lowest BCUT2D eigenvalue weighted by Crippen LogP contribution is -2.43. The van der Waals surface area contributed by atoms with E-state index in [-0.39, 0.29) is 73.2 Å². The highest BCUT2D eigenvalue weighted by Crippen LogP contribution is 2.35. The fourth-order valence-corrected chi connectivity index (χ4v) is 3.46. The first-order valence-electron chi connectivity index (χ1n) is 10.8. The lowest BCUT2D eigenvalue weighted by molar-refractivity contribution is -0.143. The molecule has 0 saturated heterocycles. The van der Waals surface area contributed by atoms with Gasteiger partial charge in [-0.2, -0.15) is 46.2 Å². The molecule has 3 aromatic heterocycles. The number of nitrogens with two attached hydrogens (primary N) is 1. The number of hydrogen-bond acceptors (Lipinski definition) is 13. The predicted molar refractivity (Wildman–Crippen MR) is 114 cm³/mol. The average Bonchev–Trinajstić information content (AvgIpc) is 3.55. The first-order chi connectivity index (χ1) is 16.8. The van der Waals surface area contributed by atoms with Gasteiger partial charge in [-0.25, -0.2) is 0 Å². The Morgan fingerprint density at radius 3 is 1.17 bits per heavy atom. The van der Waals surface area contributed by atoms with Gasteiger partial charge in [0.25, 0.3) is 0 Å². The summed E-state index contributed by atoms with van der Waals surface area (Å²) in [5, 5.41) is 32.0. The number of nitrogens with one attached hydrogen (secondary N) is 3. The number of aromatic amines is 3. The maximum absolute atomic E-state index is 12.2. The van der Waals surface area contributed by atoms with Crippen LogP contribution in [-0.2, 0) is 53.4 Å². The largest absolute Gasteiger partial charge is 0.466 e. The zero-order valence-corrected chi connectivity index (χ0v) is 19.5. The van der Waals surface area contributed by atoms with Crippen molar-refractivity contribution in [2.24, 2.45) is 5.73 Å². The number of carbonyl (C=O) groups is 3. The standard InChI is InChI=1S/C19H26N10O6/c1-4-33-13(30)7-10-16(24-27-21-10)19(20,17-11(22-28-25-17)8-14(31)34-5-2)18-12(23-29-26-18)9-15(32)35-6-3/h4-9,20H2,1-3H3,(H,21,24,27)(H,22,25,28)(H,23,26,29). The van der Waals surface area contributed by atoms with Gasteiger partial charge in [-0.15, -0.1) is 0 Å². The van der Waals surface area contributed by atoms with Crippen LogP contribution in [0.2, 0.25) is 0 Å². The summed E-state index contributed by atoms with van der Waals surface area (Å²) in [7, 11) is 0. The smallest absolute Gasteiger partial charge is 0.312 e. The Balaban J connectivity index is 2.15. The monoisotopic (exact) mass is 490 g/mol. The quantitative estimate of drug-likeness (QED) is 0.169. The second kappa shape index (κ2) is 11.3. The number of ether oxygens (including phenoxy) is 3. The first-order valence-corrected chi connectivity index (χ1v) is 10.8. The van der Waals surface area contributed by atoms with Gasteiger partial charge >= 0.3 is 17.9 Å². The summed E-state index contributed by atoms with van der Waals surface area (Å²) in [6, 6.07) is 0. The van der Waals surface area contributed by atoms with Crippen LogP contribution >= 0.6 is 0 Å². The van der Waals surface area contributed by atoms with Crippen molar-refractivity contribution in [2.75, 3.05) is 19.8 Å². The van der Waals surface area contributed by atoms with Gasteiger partial charge in [0.15, 0.2) is 5.54 Å². The van der Waals surface area contributed by atoms with Crippen molar-refractivity contribution < 1.29 is 28.6 Å². The van der Waals surface area contributed by atoms with Crippen LogP contribution in [0.3, 0.4) is 0 Å². The predicted octanol–water partition coefficient (Wildman–Crippen LogP) is -1.39. The molecule has 3 aromatic rings. The summed E-state index contributed by atoms with van der Waals surface area (Å²) in [6.45, 7) is 5.51. The molecular formula is C19H26N10O6. The van der Waals surface area contributed by atoms with Gasteiger partial charge in [0.05, 0.1) is 56.2 Å². The molecule has 16 heteroatoms. The summed E-state index contributed by atoms with van der Waals surface area (Å²) in [5.41, 5.74) is 5.63. The third-order valence-electron chi connectivity index (χ3n) is 4.83. The molecule has 16 nitrogen and oxygen atoms in total. The summed E-state index contributed by atoms with van der Waals surface area (Å²) in [5.74, 6) is -1.70. The van der Waals surface area contributed by atoms with E-state index in [1.54, 1.807) is 20.8 Å². The molecule has 3 rings (SSSR count). The number of aromatic nitrogens is 9. The molecule has 0 radical (unpaired) electrons. The molecule has 188 valence electrons. The molecule has 0 aliphatic rings. The van der Waals surface area contributed by atoms with Crippen LogP contribution in [-0.4, -0.2) is 84.0 Å². The molecule has 0 aliphatic carbocycles. The van der Waals surface area contributed by atoms with Crippen LogP contribution in [0.5, 0.6) is 0 Å². The van der Waals surface area contributed by atoms with Crippen molar-refractivity contribution in [2.45, 2.75) is 45.6 Å². The number of nitrogens with zero attached hydrogens (tertiary/aromatic N) is 6. The minimum absolute atomic E-state index is 0.0450. The van der Waals surface area contributed by atoms with E-state index in [0.717, 1.165) is 0 Å². The second-order valence-corrected chi connectivity index (χ2v) is 7.11. The van der Waals surface area contributed by atoms with Crippen molar-refractivity contribution in [3.8, 4) is 0 Å². The molecule has 0 aromatic carbocycles. The van der Waals surface area contributed by atoms with E-state index in [2.05, 4.69) is 46.2 Å². The summed E-state index contributed by atoms with van der Waals surface area (Å²) in [4.78, 5) is 36.6. The molecule has 0 fully saturated rings. The fourth-order valence-electron chi connectivity index (χ4n) is 3.46. The van der Waals surface area contributed by atoms with Crippen LogP contribution in [0.25, 0.3) is 0 Å². The number of hydrogen-bond donors (Lipinski definition) is 4. The van der Waals surface area contributed by atoms with Crippen molar-refractivity contribution in [3.63, 3.8) is 0 Å². The van der Waals surface area contributed by atoms with Crippen LogP contribution < -0.4 is 5.73 Å². The maximum atomic E-state index is 12.2. The maximum Gasteiger partial charge on any atom is 0.312 e. The summed E-state index contributed by atoms with van der Waals surface area (Å²) < 4.78 is 15.1. The molecule has 5 N–H and O–H groups in total. The normalized spacial score (nSPS) is 11.3. The van der Waals surface area contributed by atoms with Crippen LogP contribution in [0.4, 0.5) is 0 Å². The number of H-pyrrole nitrogens is 3. The van der Waals surface area contributed by atoms with E-state index in [4.69, 9.17) is 19.9 Å². The van der Waals surface area contributed by atoms with Gasteiger partial charge < -0.3 is 19.9 Å².